The summed E-state index contributed by atoms with van der Waals surface area (Å²) >= 11 is 0. The molecule has 0 radical (unpaired) electrons. The van der Waals surface area contributed by atoms with E-state index in [0.717, 1.165) is 25.7 Å². The number of ether oxygens (including phenoxy) is 1. The number of carbonyl (C=O) groups is 1. The van der Waals surface area contributed by atoms with Gasteiger partial charge in [0.25, 0.3) is 0 Å². The molecule has 0 heterocycles. The number of methoxy groups -OCH3 is 1. The molecule has 0 saturated heterocycles. The smallest absolute Gasteiger partial charge is 0.129 e. The van der Waals surface area contributed by atoms with Gasteiger partial charge in [-0.05, 0) is 26.7 Å². The molecule has 0 amide bonds. The van der Waals surface area contributed by atoms with Crippen LogP contribution in [0.4, 0.5) is 0 Å². The monoisotopic (exact) mass is 172 g/mol. The predicted molar refractivity (Wildman–Crippen MR) is 50.2 cm³/mol. The molecule has 0 rings (SSSR count). The van der Waals surface area contributed by atoms with Crippen molar-refractivity contribution in [3.63, 3.8) is 0 Å². The zero-order chi connectivity index (χ0) is 9.40. The van der Waals surface area contributed by atoms with Crippen molar-refractivity contribution in [3.05, 3.63) is 0 Å². The molecule has 0 N–H and O–H groups in total. The Hall–Kier alpha value is -0.370. The summed E-state index contributed by atoms with van der Waals surface area (Å²) in [6.45, 7) is 3.72. The van der Waals surface area contributed by atoms with Crippen LogP contribution in [0.1, 0.15) is 46.0 Å². The van der Waals surface area contributed by atoms with Crippen LogP contribution in [0, 0.1) is 0 Å². The van der Waals surface area contributed by atoms with Crippen molar-refractivity contribution in [2.45, 2.75) is 52.1 Å². The van der Waals surface area contributed by atoms with Gasteiger partial charge in [-0.2, -0.15) is 0 Å². The Kier molecular flexibility index (Phi) is 7.06. The van der Waals surface area contributed by atoms with Crippen LogP contribution < -0.4 is 0 Å². The Labute approximate surface area is 75.3 Å². The molecular weight excluding hydrogens is 152 g/mol. The maximum Gasteiger partial charge on any atom is 0.129 e. The summed E-state index contributed by atoms with van der Waals surface area (Å²) in [6.07, 6.45) is 5.55. The molecular formula is C10H20O2. The molecule has 0 bridgehead atoms. The lowest BCUT2D eigenvalue weighted by Crippen LogP contribution is -2.03. The highest BCUT2D eigenvalue weighted by molar-refractivity contribution is 5.75. The van der Waals surface area contributed by atoms with Gasteiger partial charge in [-0.15, -0.1) is 0 Å². The number of unbranched alkanes of at least 4 members (excludes halogenated alkanes) is 2. The predicted octanol–water partition coefficient (Wildman–Crippen LogP) is 2.56. The Morgan fingerprint density at radius 1 is 1.33 bits per heavy atom. The van der Waals surface area contributed by atoms with Gasteiger partial charge in [0.15, 0.2) is 0 Å². The first-order valence-corrected chi connectivity index (χ1v) is 4.69. The van der Waals surface area contributed by atoms with Crippen molar-refractivity contribution in [1.29, 1.82) is 0 Å². The molecule has 0 aliphatic carbocycles. The SMILES string of the molecule is COC(C)CCCCCC(C)=O. The van der Waals surface area contributed by atoms with Crippen LogP contribution in [-0.4, -0.2) is 19.0 Å². The summed E-state index contributed by atoms with van der Waals surface area (Å²) in [5.74, 6) is 0.301. The van der Waals surface area contributed by atoms with E-state index in [0.29, 0.717) is 11.9 Å². The Bertz CT molecular complexity index is 121. The molecule has 0 aliphatic rings. The Balaban J connectivity index is 3.05. The van der Waals surface area contributed by atoms with Gasteiger partial charge in [-0.25, -0.2) is 0 Å². The van der Waals surface area contributed by atoms with E-state index < -0.39 is 0 Å². The number of hydrogen-bond acceptors (Lipinski definition) is 2. The van der Waals surface area contributed by atoms with Gasteiger partial charge in [0.05, 0.1) is 6.10 Å². The molecule has 72 valence electrons. The van der Waals surface area contributed by atoms with Crippen molar-refractivity contribution in [2.75, 3.05) is 7.11 Å². The topological polar surface area (TPSA) is 26.3 Å². The van der Waals surface area contributed by atoms with Crippen LogP contribution in [0.15, 0.2) is 0 Å². The summed E-state index contributed by atoms with van der Waals surface area (Å²) in [7, 11) is 1.74. The van der Waals surface area contributed by atoms with Gasteiger partial charge in [0, 0.05) is 13.5 Å². The van der Waals surface area contributed by atoms with Crippen molar-refractivity contribution in [3.8, 4) is 0 Å². The van der Waals surface area contributed by atoms with Gasteiger partial charge in [0.2, 0.25) is 0 Å². The molecule has 2 nitrogen and oxygen atoms in total. The molecule has 0 fully saturated rings. The molecule has 12 heavy (non-hydrogen) atoms. The fourth-order valence-electron chi connectivity index (χ4n) is 1.10. The molecule has 1 unspecified atom stereocenters. The van der Waals surface area contributed by atoms with Gasteiger partial charge < -0.3 is 9.53 Å². The lowest BCUT2D eigenvalue weighted by Gasteiger charge is -2.07. The molecule has 0 aromatic carbocycles. The van der Waals surface area contributed by atoms with E-state index in [9.17, 15) is 4.79 Å². The molecule has 1 atom stereocenters. The quantitative estimate of drug-likeness (QED) is 0.552. The van der Waals surface area contributed by atoms with Gasteiger partial charge in [-0.1, -0.05) is 12.8 Å². The minimum absolute atomic E-state index is 0.301. The van der Waals surface area contributed by atoms with Crippen molar-refractivity contribution >= 4 is 5.78 Å². The van der Waals surface area contributed by atoms with Crippen LogP contribution in [0.5, 0.6) is 0 Å². The molecule has 0 aromatic heterocycles. The maximum atomic E-state index is 10.6. The molecule has 2 heteroatoms. The van der Waals surface area contributed by atoms with Crippen molar-refractivity contribution < 1.29 is 9.53 Å². The normalized spacial score (nSPS) is 12.9. The van der Waals surface area contributed by atoms with E-state index in [1.54, 1.807) is 14.0 Å². The highest BCUT2D eigenvalue weighted by atomic mass is 16.5. The highest BCUT2D eigenvalue weighted by Gasteiger charge is 1.99. The number of rotatable bonds is 7. The fourth-order valence-corrected chi connectivity index (χ4v) is 1.10. The fraction of sp³-hybridized carbons (Fsp3) is 0.900. The van der Waals surface area contributed by atoms with Crippen LogP contribution >= 0.6 is 0 Å². The lowest BCUT2D eigenvalue weighted by atomic mass is 10.1. The zero-order valence-corrected chi connectivity index (χ0v) is 8.43. The standard InChI is InChI=1S/C10H20O2/c1-9(11)7-5-4-6-8-10(2)12-3/h10H,4-8H2,1-3H3. The average Bonchev–Trinajstić information content (AvgIpc) is 2.03. The molecule has 0 spiro atoms. The first-order valence-electron chi connectivity index (χ1n) is 4.69. The number of Topliss-reactive ketones (excluding diaryl/α,β-unsaturated/α-hetero) is 1. The van der Waals surface area contributed by atoms with E-state index in [4.69, 9.17) is 4.74 Å². The number of ketones is 1. The van der Waals surface area contributed by atoms with Gasteiger partial charge >= 0.3 is 0 Å². The van der Waals surface area contributed by atoms with Crippen LogP contribution in [0.3, 0.4) is 0 Å². The third kappa shape index (κ3) is 7.73. The van der Waals surface area contributed by atoms with Crippen LogP contribution in [0.2, 0.25) is 0 Å². The van der Waals surface area contributed by atoms with Crippen molar-refractivity contribution in [1.82, 2.24) is 0 Å². The zero-order valence-electron chi connectivity index (χ0n) is 8.43. The highest BCUT2D eigenvalue weighted by Crippen LogP contribution is 2.07. The minimum Gasteiger partial charge on any atom is -0.382 e. The first kappa shape index (κ1) is 11.6. The largest absolute Gasteiger partial charge is 0.382 e. The summed E-state index contributed by atoms with van der Waals surface area (Å²) in [4.78, 5) is 10.6. The second-order valence-electron chi connectivity index (χ2n) is 3.35. The molecule has 0 aromatic rings. The summed E-state index contributed by atoms with van der Waals surface area (Å²) in [6, 6.07) is 0. The number of hydrogen-bond donors (Lipinski definition) is 0. The Morgan fingerprint density at radius 3 is 2.50 bits per heavy atom. The average molecular weight is 172 g/mol. The lowest BCUT2D eigenvalue weighted by molar-refractivity contribution is -0.117. The van der Waals surface area contributed by atoms with Crippen molar-refractivity contribution in [2.24, 2.45) is 0 Å². The maximum absolute atomic E-state index is 10.6. The second kappa shape index (κ2) is 7.29. The van der Waals surface area contributed by atoms with Crippen LogP contribution in [0.25, 0.3) is 0 Å². The third-order valence-corrected chi connectivity index (χ3v) is 2.04. The summed E-state index contributed by atoms with van der Waals surface area (Å²) in [5.41, 5.74) is 0. The van der Waals surface area contributed by atoms with E-state index in [1.165, 1.54) is 6.42 Å². The van der Waals surface area contributed by atoms with Gasteiger partial charge in [-0.3, -0.25) is 0 Å². The summed E-state index contributed by atoms with van der Waals surface area (Å²) < 4.78 is 5.11. The summed E-state index contributed by atoms with van der Waals surface area (Å²) in [5, 5.41) is 0. The molecule has 0 aliphatic heterocycles. The first-order chi connectivity index (χ1) is 5.66. The van der Waals surface area contributed by atoms with E-state index in [2.05, 4.69) is 6.92 Å². The van der Waals surface area contributed by atoms with E-state index in [-0.39, 0.29) is 0 Å². The van der Waals surface area contributed by atoms with Crippen LogP contribution in [-0.2, 0) is 9.53 Å². The van der Waals surface area contributed by atoms with Gasteiger partial charge in [0.1, 0.15) is 5.78 Å². The van der Waals surface area contributed by atoms with E-state index >= 15 is 0 Å². The number of carbonyl (C=O) groups excluding carboxylic acids is 1. The Morgan fingerprint density at radius 2 is 2.00 bits per heavy atom. The van der Waals surface area contributed by atoms with E-state index in [1.807, 2.05) is 0 Å². The molecule has 0 saturated carbocycles. The second-order valence-corrected chi connectivity index (χ2v) is 3.35. The minimum atomic E-state index is 0.301. The third-order valence-electron chi connectivity index (χ3n) is 2.04.